The van der Waals surface area contributed by atoms with E-state index in [0.717, 1.165) is 28.0 Å². The Morgan fingerprint density at radius 3 is 2.43 bits per heavy atom. The first kappa shape index (κ1) is 20.1. The summed E-state index contributed by atoms with van der Waals surface area (Å²) in [6.45, 7) is 3.24. The Balaban J connectivity index is 1.75. The third-order valence-corrected chi connectivity index (χ3v) is 6.83. The van der Waals surface area contributed by atoms with Crippen molar-refractivity contribution in [3.05, 3.63) is 65.6 Å². The van der Waals surface area contributed by atoms with E-state index >= 15 is 0 Å². The third-order valence-electron chi connectivity index (χ3n) is 4.20. The van der Waals surface area contributed by atoms with Crippen LogP contribution in [0.1, 0.15) is 24.1 Å². The number of aromatic nitrogens is 1. The normalized spacial score (nSPS) is 12.6. The molecule has 3 N–H and O–H groups in total. The predicted molar refractivity (Wildman–Crippen MR) is 107 cm³/mol. The van der Waals surface area contributed by atoms with Gasteiger partial charge >= 0.3 is 0 Å². The number of thiazole rings is 1. The Kier molecular flexibility index (Phi) is 5.59. The summed E-state index contributed by atoms with van der Waals surface area (Å²) in [5, 5.41) is 7.93. The number of halogens is 1. The number of nitrogens with two attached hydrogens (primary N) is 1. The fraction of sp³-hybridized carbons (Fsp3) is 0.158. The van der Waals surface area contributed by atoms with Gasteiger partial charge in [0.25, 0.3) is 0 Å². The lowest BCUT2D eigenvalue weighted by molar-refractivity contribution is -0.117. The summed E-state index contributed by atoms with van der Waals surface area (Å²) in [5.41, 5.74) is 2.59. The molecular formula is C19H18FN3O3S2. The molecule has 0 spiro atoms. The number of benzene rings is 2. The van der Waals surface area contributed by atoms with E-state index in [2.05, 4.69) is 10.3 Å². The Hall–Kier alpha value is -2.62. The first-order chi connectivity index (χ1) is 13.1. The summed E-state index contributed by atoms with van der Waals surface area (Å²) < 4.78 is 36.3. The molecule has 0 saturated heterocycles. The maximum Gasteiger partial charge on any atom is 0.249 e. The van der Waals surface area contributed by atoms with E-state index in [0.29, 0.717) is 0 Å². The van der Waals surface area contributed by atoms with Gasteiger partial charge in [-0.1, -0.05) is 47.7 Å². The van der Waals surface area contributed by atoms with Crippen LogP contribution in [0, 0.1) is 12.7 Å². The first-order valence-corrected chi connectivity index (χ1v) is 10.7. The molecule has 3 rings (SSSR count). The first-order valence-electron chi connectivity index (χ1n) is 8.32. The van der Waals surface area contributed by atoms with Crippen molar-refractivity contribution < 1.29 is 17.6 Å². The van der Waals surface area contributed by atoms with Gasteiger partial charge in [0.2, 0.25) is 15.9 Å². The molecule has 1 unspecified atom stereocenters. The van der Waals surface area contributed by atoms with Crippen LogP contribution in [0.4, 0.5) is 9.52 Å². The van der Waals surface area contributed by atoms with E-state index in [1.165, 1.54) is 19.1 Å². The molecule has 0 saturated carbocycles. The van der Waals surface area contributed by atoms with E-state index < -0.39 is 15.9 Å². The summed E-state index contributed by atoms with van der Waals surface area (Å²) >= 11 is 0.817. The summed E-state index contributed by atoms with van der Waals surface area (Å²) in [5.74, 6) is -1.14. The van der Waals surface area contributed by atoms with Crippen molar-refractivity contribution >= 4 is 32.4 Å². The Morgan fingerprint density at radius 1 is 1.18 bits per heavy atom. The minimum Gasteiger partial charge on any atom is -0.301 e. The molecular weight excluding hydrogens is 401 g/mol. The number of nitrogens with one attached hydrogen (secondary N) is 1. The molecule has 1 amide bonds. The largest absolute Gasteiger partial charge is 0.301 e. The average molecular weight is 420 g/mol. The summed E-state index contributed by atoms with van der Waals surface area (Å²) in [7, 11) is -3.88. The number of carbonyl (C=O) groups excluding carboxylic acids is 1. The Labute approximate surface area is 166 Å². The number of carbonyl (C=O) groups is 1. The smallest absolute Gasteiger partial charge is 0.249 e. The molecule has 1 heterocycles. The van der Waals surface area contributed by atoms with Crippen molar-refractivity contribution in [2.24, 2.45) is 5.14 Å². The highest BCUT2D eigenvalue weighted by Crippen LogP contribution is 2.28. The molecule has 0 radical (unpaired) electrons. The van der Waals surface area contributed by atoms with Crippen molar-refractivity contribution in [3.63, 3.8) is 0 Å². The number of hydrogen-bond donors (Lipinski definition) is 2. The maximum absolute atomic E-state index is 13.4. The van der Waals surface area contributed by atoms with Crippen LogP contribution in [-0.4, -0.2) is 19.3 Å². The van der Waals surface area contributed by atoms with Gasteiger partial charge in [0, 0.05) is 0 Å². The fourth-order valence-corrected chi connectivity index (χ4v) is 4.56. The topological polar surface area (TPSA) is 102 Å². The zero-order chi connectivity index (χ0) is 20.5. The average Bonchev–Trinajstić information content (AvgIpc) is 3.02. The van der Waals surface area contributed by atoms with Crippen LogP contribution in [0.2, 0.25) is 0 Å². The lowest BCUT2D eigenvalue weighted by Crippen LogP contribution is -2.18. The summed E-state index contributed by atoms with van der Waals surface area (Å²) in [6.07, 6.45) is 0. The van der Waals surface area contributed by atoms with Crippen LogP contribution < -0.4 is 10.5 Å². The standard InChI is InChI=1S/C19H18FN3O3S2/c1-11(17(24)23-19-22-12(2)18(27-19)28(21,25)26)13-6-8-14(9-7-13)15-4-3-5-16(20)10-15/h3-11H,1-2H3,(H2,21,25,26)(H,22,23,24). The van der Waals surface area contributed by atoms with Gasteiger partial charge in [-0.2, -0.15) is 0 Å². The van der Waals surface area contributed by atoms with Crippen molar-refractivity contribution in [1.82, 2.24) is 4.98 Å². The van der Waals surface area contributed by atoms with Crippen molar-refractivity contribution in [3.8, 4) is 11.1 Å². The van der Waals surface area contributed by atoms with E-state index in [9.17, 15) is 17.6 Å². The van der Waals surface area contributed by atoms with E-state index in [1.807, 2.05) is 18.2 Å². The summed E-state index contributed by atoms with van der Waals surface area (Å²) in [6, 6.07) is 13.5. The molecule has 0 fully saturated rings. The number of primary sulfonamides is 1. The highest BCUT2D eigenvalue weighted by molar-refractivity contribution is 7.91. The molecule has 0 aliphatic carbocycles. The Morgan fingerprint density at radius 2 is 1.86 bits per heavy atom. The third kappa shape index (κ3) is 4.44. The zero-order valence-corrected chi connectivity index (χ0v) is 16.8. The van der Waals surface area contributed by atoms with Crippen LogP contribution in [0.3, 0.4) is 0 Å². The number of amides is 1. The van der Waals surface area contributed by atoms with Crippen LogP contribution >= 0.6 is 11.3 Å². The molecule has 146 valence electrons. The lowest BCUT2D eigenvalue weighted by Gasteiger charge is -2.12. The molecule has 1 aromatic heterocycles. The van der Waals surface area contributed by atoms with Crippen LogP contribution in [-0.2, 0) is 14.8 Å². The molecule has 2 aromatic carbocycles. The highest BCUT2D eigenvalue weighted by atomic mass is 32.2. The molecule has 1 atom stereocenters. The lowest BCUT2D eigenvalue weighted by atomic mass is 9.97. The van der Waals surface area contributed by atoms with Crippen molar-refractivity contribution in [2.75, 3.05) is 5.32 Å². The number of rotatable bonds is 5. The minimum atomic E-state index is -3.88. The number of sulfonamides is 1. The minimum absolute atomic E-state index is 0.0742. The van der Waals surface area contributed by atoms with Gasteiger partial charge in [0.1, 0.15) is 5.82 Å². The highest BCUT2D eigenvalue weighted by Gasteiger charge is 2.21. The SMILES string of the molecule is Cc1nc(NC(=O)C(C)c2ccc(-c3cccc(F)c3)cc2)sc1S(N)(=O)=O. The fourth-order valence-electron chi connectivity index (χ4n) is 2.70. The van der Waals surface area contributed by atoms with Gasteiger partial charge in [0.05, 0.1) is 11.6 Å². The second-order valence-electron chi connectivity index (χ2n) is 6.28. The number of nitrogens with zero attached hydrogens (tertiary/aromatic N) is 1. The predicted octanol–water partition coefficient (Wildman–Crippen LogP) is 3.65. The van der Waals surface area contributed by atoms with Gasteiger partial charge in [-0.25, -0.2) is 22.9 Å². The van der Waals surface area contributed by atoms with Crippen LogP contribution in [0.5, 0.6) is 0 Å². The second kappa shape index (κ2) is 7.78. The molecule has 0 aliphatic heterocycles. The van der Waals surface area contributed by atoms with Gasteiger partial charge in [-0.15, -0.1) is 0 Å². The van der Waals surface area contributed by atoms with Gasteiger partial charge in [0.15, 0.2) is 9.34 Å². The summed E-state index contributed by atoms with van der Waals surface area (Å²) in [4.78, 5) is 16.6. The van der Waals surface area contributed by atoms with Crippen molar-refractivity contribution in [2.45, 2.75) is 24.0 Å². The second-order valence-corrected chi connectivity index (χ2v) is 9.04. The van der Waals surface area contributed by atoms with Crippen LogP contribution in [0.15, 0.2) is 52.7 Å². The van der Waals surface area contributed by atoms with Gasteiger partial charge in [-0.3, -0.25) is 4.79 Å². The maximum atomic E-state index is 13.4. The number of hydrogen-bond acceptors (Lipinski definition) is 5. The van der Waals surface area contributed by atoms with E-state index in [-0.39, 0.29) is 26.8 Å². The van der Waals surface area contributed by atoms with Crippen molar-refractivity contribution in [1.29, 1.82) is 0 Å². The molecule has 9 heteroatoms. The van der Waals surface area contributed by atoms with E-state index in [1.54, 1.807) is 25.1 Å². The molecule has 3 aromatic rings. The molecule has 0 bridgehead atoms. The zero-order valence-electron chi connectivity index (χ0n) is 15.1. The van der Waals surface area contributed by atoms with Gasteiger partial charge < -0.3 is 5.32 Å². The quantitative estimate of drug-likeness (QED) is 0.659. The number of anilines is 1. The van der Waals surface area contributed by atoms with Gasteiger partial charge in [-0.05, 0) is 42.7 Å². The van der Waals surface area contributed by atoms with E-state index in [4.69, 9.17) is 5.14 Å². The number of aryl methyl sites for hydroxylation is 1. The molecule has 6 nitrogen and oxygen atoms in total. The molecule has 28 heavy (non-hydrogen) atoms. The molecule has 0 aliphatic rings. The van der Waals surface area contributed by atoms with Crippen LogP contribution in [0.25, 0.3) is 11.1 Å². The Bertz CT molecular complexity index is 1130. The monoisotopic (exact) mass is 419 g/mol.